The lowest BCUT2D eigenvalue weighted by Gasteiger charge is -2.08. The number of hydrogen-bond acceptors (Lipinski definition) is 5. The summed E-state index contributed by atoms with van der Waals surface area (Å²) < 4.78 is 12.9. The third-order valence-electron chi connectivity index (χ3n) is 5.28. The molecule has 0 aliphatic carbocycles. The minimum Gasteiger partial charge on any atom is -0.481 e. The zero-order chi connectivity index (χ0) is 21.9. The van der Waals surface area contributed by atoms with Gasteiger partial charge in [-0.25, -0.2) is 9.97 Å². The van der Waals surface area contributed by atoms with E-state index in [2.05, 4.69) is 52.5 Å². The normalized spacial score (nSPS) is 10.9. The van der Waals surface area contributed by atoms with Crippen molar-refractivity contribution in [2.24, 2.45) is 7.05 Å². The number of methoxy groups -OCH3 is 1. The van der Waals surface area contributed by atoms with Crippen LogP contribution in [0.3, 0.4) is 0 Å². The van der Waals surface area contributed by atoms with E-state index in [-0.39, 0.29) is 0 Å². The summed E-state index contributed by atoms with van der Waals surface area (Å²) >= 11 is 0. The van der Waals surface area contributed by atoms with Gasteiger partial charge in [-0.15, -0.1) is 5.10 Å². The van der Waals surface area contributed by atoms with E-state index in [1.807, 2.05) is 43.6 Å². The maximum atomic E-state index is 6.05. The molecule has 0 saturated heterocycles. The van der Waals surface area contributed by atoms with Crippen LogP contribution in [0.2, 0.25) is 0 Å². The number of nitrogens with zero attached hydrogens (tertiary/aromatic N) is 4. The van der Waals surface area contributed by atoms with E-state index >= 15 is 0 Å². The van der Waals surface area contributed by atoms with Gasteiger partial charge in [-0.3, -0.25) is 4.68 Å². The Kier molecular flexibility index (Phi) is 5.25. The molecule has 0 amide bonds. The third-order valence-corrected chi connectivity index (χ3v) is 5.28. The van der Waals surface area contributed by atoms with Crippen molar-refractivity contribution in [3.63, 3.8) is 0 Å². The Morgan fingerprint density at radius 1 is 0.875 bits per heavy atom. The van der Waals surface area contributed by atoms with Crippen LogP contribution in [0.1, 0.15) is 5.56 Å². The molecule has 2 aromatic carbocycles. The topological polar surface area (TPSA) is 62.1 Å². The predicted molar refractivity (Wildman–Crippen MR) is 125 cm³/mol. The maximum absolute atomic E-state index is 6.05. The second-order valence-corrected chi connectivity index (χ2v) is 7.49. The molecule has 0 aliphatic heterocycles. The number of benzene rings is 2. The summed E-state index contributed by atoms with van der Waals surface area (Å²) in [6, 6.07) is 24.3. The summed E-state index contributed by atoms with van der Waals surface area (Å²) in [4.78, 5) is 9.05. The first kappa shape index (κ1) is 19.8. The Morgan fingerprint density at radius 2 is 1.69 bits per heavy atom. The Morgan fingerprint density at radius 3 is 2.47 bits per heavy atom. The number of pyridine rings is 2. The number of para-hydroxylation sites is 1. The molecule has 0 aliphatic rings. The number of ether oxygens (including phenoxy) is 2. The quantitative estimate of drug-likeness (QED) is 0.372. The summed E-state index contributed by atoms with van der Waals surface area (Å²) in [5, 5.41) is 5.60. The molecule has 158 valence electrons. The predicted octanol–water partition coefficient (Wildman–Crippen LogP) is 5.28. The van der Waals surface area contributed by atoms with Gasteiger partial charge >= 0.3 is 0 Å². The van der Waals surface area contributed by atoms with Crippen molar-refractivity contribution >= 4 is 10.9 Å². The number of rotatable bonds is 6. The highest BCUT2D eigenvalue weighted by Gasteiger charge is 2.12. The van der Waals surface area contributed by atoms with Gasteiger partial charge in [-0.05, 0) is 23.8 Å². The molecule has 5 rings (SSSR count). The average molecular weight is 422 g/mol. The molecule has 3 heterocycles. The van der Waals surface area contributed by atoms with E-state index in [4.69, 9.17) is 14.5 Å². The van der Waals surface area contributed by atoms with Crippen molar-refractivity contribution in [2.45, 2.75) is 6.61 Å². The molecule has 0 N–H and O–H groups in total. The van der Waals surface area contributed by atoms with Crippen LogP contribution in [-0.4, -0.2) is 26.9 Å². The number of aryl methyl sites for hydroxylation is 1. The van der Waals surface area contributed by atoms with E-state index < -0.39 is 0 Å². The second-order valence-electron chi connectivity index (χ2n) is 7.49. The Balaban J connectivity index is 1.32. The van der Waals surface area contributed by atoms with Crippen LogP contribution in [0.5, 0.6) is 11.8 Å². The molecule has 0 radical (unpaired) electrons. The summed E-state index contributed by atoms with van der Waals surface area (Å²) in [5.74, 6) is 1.14. The first-order chi connectivity index (χ1) is 15.7. The van der Waals surface area contributed by atoms with E-state index in [1.54, 1.807) is 18.0 Å². The minimum atomic E-state index is 0.416. The highest BCUT2D eigenvalue weighted by molar-refractivity contribution is 5.81. The largest absolute Gasteiger partial charge is 0.481 e. The SMILES string of the molecule is COc1ccc(-c2cn(C)nc2OCc2ccc(-c3ccc4ccccc4n3)cc2)cn1. The van der Waals surface area contributed by atoms with Gasteiger partial charge in [0.15, 0.2) is 0 Å². The fourth-order valence-electron chi connectivity index (χ4n) is 3.58. The van der Waals surface area contributed by atoms with Crippen LogP contribution >= 0.6 is 0 Å². The number of aromatic nitrogens is 4. The van der Waals surface area contributed by atoms with Crippen molar-refractivity contribution in [3.8, 4) is 34.1 Å². The van der Waals surface area contributed by atoms with Crippen molar-refractivity contribution in [3.05, 3.63) is 90.8 Å². The van der Waals surface area contributed by atoms with E-state index in [9.17, 15) is 0 Å². The first-order valence-electron chi connectivity index (χ1n) is 10.3. The maximum Gasteiger partial charge on any atom is 0.241 e. The highest BCUT2D eigenvalue weighted by atomic mass is 16.5. The zero-order valence-corrected chi connectivity index (χ0v) is 17.9. The molecule has 0 unspecified atom stereocenters. The number of hydrogen-bond donors (Lipinski definition) is 0. The lowest BCUT2D eigenvalue weighted by molar-refractivity contribution is 0.292. The van der Waals surface area contributed by atoms with Gasteiger partial charge in [-0.2, -0.15) is 0 Å². The second kappa shape index (κ2) is 8.51. The molecule has 5 aromatic rings. The third kappa shape index (κ3) is 4.03. The van der Waals surface area contributed by atoms with E-state index in [0.717, 1.165) is 38.9 Å². The van der Waals surface area contributed by atoms with Crippen molar-refractivity contribution in [1.82, 2.24) is 19.7 Å². The van der Waals surface area contributed by atoms with E-state index in [0.29, 0.717) is 18.4 Å². The molecule has 0 saturated carbocycles. The minimum absolute atomic E-state index is 0.416. The van der Waals surface area contributed by atoms with Crippen LogP contribution in [0, 0.1) is 0 Å². The summed E-state index contributed by atoms with van der Waals surface area (Å²) in [6.07, 6.45) is 3.68. The Labute approximate surface area is 186 Å². The lowest BCUT2D eigenvalue weighted by atomic mass is 10.1. The van der Waals surface area contributed by atoms with Crippen LogP contribution < -0.4 is 9.47 Å². The molecule has 0 fully saturated rings. The fraction of sp³-hybridized carbons (Fsp3) is 0.115. The molecule has 0 bridgehead atoms. The van der Waals surface area contributed by atoms with Crippen LogP contribution in [0.15, 0.2) is 85.2 Å². The van der Waals surface area contributed by atoms with Gasteiger partial charge in [0, 0.05) is 42.0 Å². The van der Waals surface area contributed by atoms with Gasteiger partial charge < -0.3 is 9.47 Å². The van der Waals surface area contributed by atoms with Crippen molar-refractivity contribution in [1.29, 1.82) is 0 Å². The molecule has 0 atom stereocenters. The van der Waals surface area contributed by atoms with Crippen LogP contribution in [-0.2, 0) is 13.7 Å². The molecule has 6 heteroatoms. The van der Waals surface area contributed by atoms with Gasteiger partial charge in [0.2, 0.25) is 11.8 Å². The van der Waals surface area contributed by atoms with Gasteiger partial charge in [0.25, 0.3) is 0 Å². The molecular weight excluding hydrogens is 400 g/mol. The Bertz CT molecular complexity index is 1360. The molecule has 0 spiro atoms. The zero-order valence-electron chi connectivity index (χ0n) is 17.9. The highest BCUT2D eigenvalue weighted by Crippen LogP contribution is 2.29. The fourth-order valence-corrected chi connectivity index (χ4v) is 3.58. The van der Waals surface area contributed by atoms with Gasteiger partial charge in [0.1, 0.15) is 6.61 Å². The summed E-state index contributed by atoms with van der Waals surface area (Å²) in [5.41, 5.74) is 5.89. The summed E-state index contributed by atoms with van der Waals surface area (Å²) in [6.45, 7) is 0.416. The lowest BCUT2D eigenvalue weighted by Crippen LogP contribution is -1.98. The van der Waals surface area contributed by atoms with Crippen LogP contribution in [0.25, 0.3) is 33.3 Å². The number of fused-ring (bicyclic) bond motifs is 1. The monoisotopic (exact) mass is 422 g/mol. The van der Waals surface area contributed by atoms with E-state index in [1.165, 1.54) is 0 Å². The Hall–Kier alpha value is -4.19. The summed E-state index contributed by atoms with van der Waals surface area (Å²) in [7, 11) is 3.47. The first-order valence-corrected chi connectivity index (χ1v) is 10.3. The molecule has 6 nitrogen and oxygen atoms in total. The molecule has 3 aromatic heterocycles. The van der Waals surface area contributed by atoms with Crippen LogP contribution in [0.4, 0.5) is 0 Å². The van der Waals surface area contributed by atoms with Crippen molar-refractivity contribution in [2.75, 3.05) is 7.11 Å². The smallest absolute Gasteiger partial charge is 0.241 e. The average Bonchev–Trinajstić information content (AvgIpc) is 3.23. The van der Waals surface area contributed by atoms with Gasteiger partial charge in [0.05, 0.1) is 23.9 Å². The standard InChI is InChI=1S/C26H22N4O2/c1-30-16-22(21-12-14-25(31-2)27-15-21)26(29-30)32-17-18-7-9-20(10-8-18)24-13-11-19-5-3-4-6-23(19)28-24/h3-16H,17H2,1-2H3. The molecule has 32 heavy (non-hydrogen) atoms. The molecular formula is C26H22N4O2. The van der Waals surface area contributed by atoms with Crippen molar-refractivity contribution < 1.29 is 9.47 Å². The van der Waals surface area contributed by atoms with Gasteiger partial charge in [-0.1, -0.05) is 48.5 Å².